The lowest BCUT2D eigenvalue weighted by molar-refractivity contribution is 0.601. The Hall–Kier alpha value is -1.89. The number of hydrogen-bond donors (Lipinski definition) is 2. The van der Waals surface area contributed by atoms with Gasteiger partial charge in [-0.3, -0.25) is 9.82 Å². The largest absolute Gasteiger partial charge is 0.284 e. The molecule has 17 heavy (non-hydrogen) atoms. The number of aromatic amines is 1. The van der Waals surface area contributed by atoms with E-state index in [1.165, 1.54) is 37.5 Å². The number of nitrogens with one attached hydrogen (secondary N) is 2. The van der Waals surface area contributed by atoms with Crippen LogP contribution in [0.4, 0.5) is 10.1 Å². The van der Waals surface area contributed by atoms with Crippen LogP contribution in [0.3, 0.4) is 0 Å². The van der Waals surface area contributed by atoms with Gasteiger partial charge in [0.15, 0.2) is 0 Å². The van der Waals surface area contributed by atoms with Crippen LogP contribution in [0.5, 0.6) is 0 Å². The summed E-state index contributed by atoms with van der Waals surface area (Å²) in [5, 5.41) is 5.96. The molecule has 0 aliphatic carbocycles. The maximum absolute atomic E-state index is 13.2. The second-order valence-electron chi connectivity index (χ2n) is 3.45. The van der Waals surface area contributed by atoms with Crippen LogP contribution in [-0.4, -0.2) is 18.6 Å². The van der Waals surface area contributed by atoms with Crippen molar-refractivity contribution in [1.29, 1.82) is 0 Å². The monoisotopic (exact) mass is 255 g/mol. The molecule has 0 saturated carbocycles. The normalized spacial score (nSPS) is 11.4. The van der Waals surface area contributed by atoms with Crippen LogP contribution in [0.15, 0.2) is 35.5 Å². The van der Waals surface area contributed by atoms with E-state index >= 15 is 0 Å². The van der Waals surface area contributed by atoms with Crippen molar-refractivity contribution in [3.63, 3.8) is 0 Å². The summed E-state index contributed by atoms with van der Waals surface area (Å²) in [6.07, 6.45) is 2.42. The summed E-state index contributed by atoms with van der Waals surface area (Å²) in [6.45, 7) is 1.50. The van der Waals surface area contributed by atoms with Crippen molar-refractivity contribution in [3.8, 4) is 0 Å². The number of anilines is 1. The van der Waals surface area contributed by atoms with E-state index in [9.17, 15) is 12.8 Å². The Morgan fingerprint density at radius 1 is 1.41 bits per heavy atom. The van der Waals surface area contributed by atoms with E-state index < -0.39 is 15.8 Å². The minimum absolute atomic E-state index is 0.00108. The van der Waals surface area contributed by atoms with Crippen molar-refractivity contribution in [2.24, 2.45) is 0 Å². The van der Waals surface area contributed by atoms with Gasteiger partial charge in [-0.15, -0.1) is 0 Å². The van der Waals surface area contributed by atoms with Gasteiger partial charge in [0.25, 0.3) is 10.0 Å². The summed E-state index contributed by atoms with van der Waals surface area (Å²) >= 11 is 0. The average Bonchev–Trinajstić information content (AvgIpc) is 2.78. The van der Waals surface area contributed by atoms with Crippen LogP contribution < -0.4 is 4.72 Å². The van der Waals surface area contributed by atoms with E-state index in [4.69, 9.17) is 0 Å². The van der Waals surface area contributed by atoms with E-state index in [1.54, 1.807) is 0 Å². The van der Waals surface area contributed by atoms with Gasteiger partial charge in [-0.1, -0.05) is 6.07 Å². The van der Waals surface area contributed by atoms with Crippen LogP contribution in [0, 0.1) is 12.7 Å². The Morgan fingerprint density at radius 2 is 2.18 bits per heavy atom. The lowest BCUT2D eigenvalue weighted by Crippen LogP contribution is -2.13. The third-order valence-electron chi connectivity index (χ3n) is 2.30. The van der Waals surface area contributed by atoms with E-state index in [0.29, 0.717) is 0 Å². The van der Waals surface area contributed by atoms with Crippen LogP contribution in [-0.2, 0) is 10.0 Å². The zero-order valence-corrected chi connectivity index (χ0v) is 9.75. The SMILES string of the molecule is Cc1c(F)cccc1NS(=O)(=O)c1cn[nH]c1. The number of nitrogens with zero attached hydrogens (tertiary/aromatic N) is 1. The zero-order valence-electron chi connectivity index (χ0n) is 8.94. The lowest BCUT2D eigenvalue weighted by Gasteiger charge is -2.09. The minimum Gasteiger partial charge on any atom is -0.284 e. The first kappa shape index (κ1) is 11.6. The average molecular weight is 255 g/mol. The van der Waals surface area contributed by atoms with E-state index in [1.807, 2.05) is 0 Å². The van der Waals surface area contributed by atoms with Gasteiger partial charge >= 0.3 is 0 Å². The van der Waals surface area contributed by atoms with Gasteiger partial charge in [0.2, 0.25) is 0 Å². The molecule has 90 valence electrons. The van der Waals surface area contributed by atoms with Crippen molar-refractivity contribution in [1.82, 2.24) is 10.2 Å². The zero-order chi connectivity index (χ0) is 12.5. The number of aromatic nitrogens is 2. The summed E-state index contributed by atoms with van der Waals surface area (Å²) < 4.78 is 39.2. The number of benzene rings is 1. The second-order valence-corrected chi connectivity index (χ2v) is 5.13. The molecule has 7 heteroatoms. The predicted octanol–water partition coefficient (Wildman–Crippen LogP) is 1.66. The van der Waals surface area contributed by atoms with Crippen molar-refractivity contribution in [2.45, 2.75) is 11.8 Å². The fraction of sp³-hybridized carbons (Fsp3) is 0.100. The molecule has 0 spiro atoms. The number of hydrogen-bond acceptors (Lipinski definition) is 3. The van der Waals surface area contributed by atoms with E-state index in [2.05, 4.69) is 14.9 Å². The third-order valence-corrected chi connectivity index (χ3v) is 3.63. The molecule has 0 aliphatic rings. The van der Waals surface area contributed by atoms with Crippen LogP contribution in [0.2, 0.25) is 0 Å². The van der Waals surface area contributed by atoms with Gasteiger partial charge in [0, 0.05) is 11.8 Å². The molecule has 1 aromatic carbocycles. The van der Waals surface area contributed by atoms with Crippen molar-refractivity contribution in [2.75, 3.05) is 4.72 Å². The fourth-order valence-electron chi connectivity index (χ4n) is 1.31. The van der Waals surface area contributed by atoms with E-state index in [-0.39, 0.29) is 16.1 Å². The molecule has 1 heterocycles. The van der Waals surface area contributed by atoms with Crippen LogP contribution in [0.1, 0.15) is 5.56 Å². The first-order valence-electron chi connectivity index (χ1n) is 4.77. The fourth-order valence-corrected chi connectivity index (χ4v) is 2.34. The summed E-state index contributed by atoms with van der Waals surface area (Å²) in [5.41, 5.74) is 0.464. The molecule has 0 radical (unpaired) electrons. The highest BCUT2D eigenvalue weighted by molar-refractivity contribution is 7.92. The number of H-pyrrole nitrogens is 1. The molecule has 2 N–H and O–H groups in total. The molecule has 0 bridgehead atoms. The van der Waals surface area contributed by atoms with Gasteiger partial charge < -0.3 is 0 Å². The summed E-state index contributed by atoms with van der Waals surface area (Å²) in [4.78, 5) is 0.00108. The minimum atomic E-state index is -3.72. The highest BCUT2D eigenvalue weighted by atomic mass is 32.2. The Bertz CT molecular complexity index is 623. The van der Waals surface area contributed by atoms with Crippen LogP contribution in [0.25, 0.3) is 0 Å². The maximum Gasteiger partial charge on any atom is 0.265 e. The lowest BCUT2D eigenvalue weighted by atomic mass is 10.2. The summed E-state index contributed by atoms with van der Waals surface area (Å²) in [6, 6.07) is 4.20. The molecule has 2 aromatic rings. The first-order valence-corrected chi connectivity index (χ1v) is 6.26. The number of rotatable bonds is 3. The van der Waals surface area contributed by atoms with Gasteiger partial charge in [0.05, 0.1) is 11.9 Å². The smallest absolute Gasteiger partial charge is 0.265 e. The molecular weight excluding hydrogens is 245 g/mol. The predicted molar refractivity (Wildman–Crippen MR) is 60.5 cm³/mol. The van der Waals surface area contributed by atoms with Crippen molar-refractivity contribution in [3.05, 3.63) is 42.0 Å². The van der Waals surface area contributed by atoms with Crippen molar-refractivity contribution < 1.29 is 12.8 Å². The Morgan fingerprint density at radius 3 is 2.82 bits per heavy atom. The molecule has 0 saturated heterocycles. The summed E-state index contributed by atoms with van der Waals surface area (Å²) in [5.74, 6) is -0.461. The molecule has 0 atom stereocenters. The molecule has 0 aliphatic heterocycles. The van der Waals surface area contributed by atoms with Crippen molar-refractivity contribution >= 4 is 15.7 Å². The number of halogens is 1. The highest BCUT2D eigenvalue weighted by Gasteiger charge is 2.16. The highest BCUT2D eigenvalue weighted by Crippen LogP contribution is 2.20. The van der Waals surface area contributed by atoms with Gasteiger partial charge in [-0.25, -0.2) is 12.8 Å². The second kappa shape index (κ2) is 4.17. The topological polar surface area (TPSA) is 74.8 Å². The molecule has 1 aromatic heterocycles. The Kier molecular flexibility index (Phi) is 2.84. The molecular formula is C10H10FN3O2S. The maximum atomic E-state index is 13.2. The first-order chi connectivity index (χ1) is 8.00. The standard InChI is InChI=1S/C10H10FN3O2S/c1-7-9(11)3-2-4-10(7)14-17(15,16)8-5-12-13-6-8/h2-6,14H,1H3,(H,12,13). The molecule has 5 nitrogen and oxygen atoms in total. The Balaban J connectivity index is 2.37. The number of sulfonamides is 1. The van der Waals surface area contributed by atoms with Gasteiger partial charge in [-0.05, 0) is 19.1 Å². The van der Waals surface area contributed by atoms with E-state index in [0.717, 1.165) is 0 Å². The molecule has 2 rings (SSSR count). The molecule has 0 unspecified atom stereocenters. The quantitative estimate of drug-likeness (QED) is 0.875. The molecule has 0 fully saturated rings. The molecule has 0 amide bonds. The van der Waals surface area contributed by atoms with Gasteiger partial charge in [0.1, 0.15) is 10.7 Å². The third kappa shape index (κ3) is 2.28. The Labute approximate surface area is 97.7 Å². The van der Waals surface area contributed by atoms with Gasteiger partial charge in [-0.2, -0.15) is 5.10 Å². The summed E-state index contributed by atoms with van der Waals surface area (Å²) in [7, 11) is -3.72. The van der Waals surface area contributed by atoms with Crippen LogP contribution >= 0.6 is 0 Å².